The molecule has 0 bridgehead atoms. The van der Waals surface area contributed by atoms with Crippen molar-refractivity contribution in [2.24, 2.45) is 5.92 Å². The molecule has 1 unspecified atom stereocenters. The molecule has 2 heteroatoms. The van der Waals surface area contributed by atoms with Gasteiger partial charge in [0.25, 0.3) is 0 Å². The SMILES string of the molecule is C#CCCC(CC=C=O)[C@@H](Cc1ccccn1)c1ccccc1. The molecule has 0 saturated carbocycles. The molecule has 0 saturated heterocycles. The number of carbonyl (C=O) groups excluding carboxylic acids is 1. The molecule has 0 aliphatic carbocycles. The van der Waals surface area contributed by atoms with Crippen LogP contribution in [0.2, 0.25) is 0 Å². The van der Waals surface area contributed by atoms with Gasteiger partial charge in [-0.15, -0.1) is 12.3 Å². The Labute approximate surface area is 138 Å². The fourth-order valence-electron chi connectivity index (χ4n) is 2.95. The number of hydrogen-bond acceptors (Lipinski definition) is 2. The van der Waals surface area contributed by atoms with E-state index in [4.69, 9.17) is 6.42 Å². The minimum absolute atomic E-state index is 0.282. The van der Waals surface area contributed by atoms with Crippen LogP contribution in [0.1, 0.15) is 36.4 Å². The molecule has 0 spiro atoms. The largest absolute Gasteiger partial charge is 0.261 e. The zero-order chi connectivity index (χ0) is 16.3. The molecule has 0 aliphatic rings. The second-order valence-electron chi connectivity index (χ2n) is 5.60. The van der Waals surface area contributed by atoms with Gasteiger partial charge in [-0.1, -0.05) is 36.4 Å². The van der Waals surface area contributed by atoms with Gasteiger partial charge in [0.15, 0.2) is 0 Å². The van der Waals surface area contributed by atoms with Crippen molar-refractivity contribution in [1.82, 2.24) is 4.98 Å². The first-order chi connectivity index (χ1) is 11.3. The van der Waals surface area contributed by atoms with E-state index in [1.54, 1.807) is 6.08 Å². The summed E-state index contributed by atoms with van der Waals surface area (Å²) in [5.41, 5.74) is 2.32. The summed E-state index contributed by atoms with van der Waals surface area (Å²) in [6.07, 6.45) is 12.0. The van der Waals surface area contributed by atoms with Crippen LogP contribution in [0.3, 0.4) is 0 Å². The molecule has 0 aliphatic heterocycles. The normalized spacial score (nSPS) is 12.7. The van der Waals surface area contributed by atoms with Gasteiger partial charge in [0.1, 0.15) is 5.94 Å². The lowest BCUT2D eigenvalue weighted by Gasteiger charge is -2.26. The highest BCUT2D eigenvalue weighted by Gasteiger charge is 2.23. The fraction of sp³-hybridized carbons (Fsp3) is 0.286. The highest BCUT2D eigenvalue weighted by Crippen LogP contribution is 2.33. The summed E-state index contributed by atoms with van der Waals surface area (Å²) in [4.78, 5) is 15.1. The van der Waals surface area contributed by atoms with Crippen LogP contribution < -0.4 is 0 Å². The maximum Gasteiger partial charge on any atom is 0.120 e. The van der Waals surface area contributed by atoms with Crippen molar-refractivity contribution < 1.29 is 4.79 Å². The number of allylic oxidation sites excluding steroid dienone is 1. The lowest BCUT2D eigenvalue weighted by Crippen LogP contribution is -2.16. The minimum atomic E-state index is 0.282. The van der Waals surface area contributed by atoms with Crippen molar-refractivity contribution in [2.45, 2.75) is 31.6 Å². The quantitative estimate of drug-likeness (QED) is 0.540. The average Bonchev–Trinajstić information content (AvgIpc) is 2.62. The van der Waals surface area contributed by atoms with Gasteiger partial charge < -0.3 is 0 Å². The Morgan fingerprint density at radius 3 is 2.57 bits per heavy atom. The van der Waals surface area contributed by atoms with Crippen LogP contribution in [0.5, 0.6) is 0 Å². The Bertz CT molecular complexity index is 666. The predicted octanol–water partition coefficient (Wildman–Crippen LogP) is 4.22. The molecular formula is C21H21NO. The standard InChI is InChI=1S/C21H21NO/c1-2-3-10-18(13-9-16-23)21(19-11-5-4-6-12-19)17-20-14-7-8-15-22-20/h1,4-9,11-12,14-15,18,21H,3,10,13,17H2/t18?,21-/m1/s1. The number of hydrogen-bond donors (Lipinski definition) is 0. The summed E-state index contributed by atoms with van der Waals surface area (Å²) < 4.78 is 0. The van der Waals surface area contributed by atoms with Crippen LogP contribution in [-0.4, -0.2) is 10.9 Å². The molecule has 23 heavy (non-hydrogen) atoms. The summed E-state index contributed by atoms with van der Waals surface area (Å²) >= 11 is 0. The fourth-order valence-corrected chi connectivity index (χ4v) is 2.95. The van der Waals surface area contributed by atoms with Crippen LogP contribution in [0.15, 0.2) is 60.8 Å². The summed E-state index contributed by atoms with van der Waals surface area (Å²) in [6.45, 7) is 0. The summed E-state index contributed by atoms with van der Waals surface area (Å²) in [5, 5.41) is 0. The first-order valence-electron chi connectivity index (χ1n) is 7.92. The number of benzene rings is 1. The molecule has 2 atom stereocenters. The van der Waals surface area contributed by atoms with E-state index in [-0.39, 0.29) is 5.92 Å². The van der Waals surface area contributed by atoms with E-state index in [0.717, 1.165) is 18.5 Å². The first kappa shape index (κ1) is 16.7. The summed E-state index contributed by atoms with van der Waals surface area (Å²) in [7, 11) is 0. The van der Waals surface area contributed by atoms with Crippen molar-refractivity contribution >= 4 is 5.94 Å². The van der Waals surface area contributed by atoms with Crippen molar-refractivity contribution in [3.05, 3.63) is 72.1 Å². The molecule has 2 rings (SSSR count). The Balaban J connectivity index is 2.29. The Morgan fingerprint density at radius 2 is 1.91 bits per heavy atom. The smallest absolute Gasteiger partial charge is 0.120 e. The van der Waals surface area contributed by atoms with Gasteiger partial charge in [-0.2, -0.15) is 0 Å². The van der Waals surface area contributed by atoms with Crippen molar-refractivity contribution in [3.8, 4) is 12.3 Å². The zero-order valence-corrected chi connectivity index (χ0v) is 13.2. The molecule has 0 N–H and O–H groups in total. The Hall–Kier alpha value is -2.62. The Morgan fingerprint density at radius 1 is 1.13 bits per heavy atom. The van der Waals surface area contributed by atoms with Crippen LogP contribution in [-0.2, 0) is 11.2 Å². The number of aromatic nitrogens is 1. The van der Waals surface area contributed by atoms with Crippen LogP contribution in [0.4, 0.5) is 0 Å². The van der Waals surface area contributed by atoms with Crippen molar-refractivity contribution in [3.63, 3.8) is 0 Å². The highest BCUT2D eigenvalue weighted by atomic mass is 16.1. The molecule has 2 aromatic rings. The van der Waals surface area contributed by atoms with E-state index in [1.165, 1.54) is 5.56 Å². The molecule has 2 nitrogen and oxygen atoms in total. The van der Waals surface area contributed by atoms with Gasteiger partial charge in [-0.05, 0) is 48.8 Å². The monoisotopic (exact) mass is 303 g/mol. The molecule has 1 aromatic carbocycles. The maximum absolute atomic E-state index is 10.7. The zero-order valence-electron chi connectivity index (χ0n) is 13.2. The van der Waals surface area contributed by atoms with E-state index in [9.17, 15) is 4.79 Å². The van der Waals surface area contributed by atoms with Gasteiger partial charge in [0, 0.05) is 24.4 Å². The second-order valence-corrected chi connectivity index (χ2v) is 5.60. The van der Waals surface area contributed by atoms with Crippen LogP contribution >= 0.6 is 0 Å². The molecule has 1 aromatic heterocycles. The molecular weight excluding hydrogens is 282 g/mol. The predicted molar refractivity (Wildman–Crippen MR) is 93.6 cm³/mol. The average molecular weight is 303 g/mol. The molecule has 1 heterocycles. The summed E-state index contributed by atoms with van der Waals surface area (Å²) in [6, 6.07) is 16.4. The molecule has 0 amide bonds. The van der Waals surface area contributed by atoms with Gasteiger partial charge in [0.05, 0.1) is 0 Å². The Kier molecular flexibility index (Phi) is 6.85. The van der Waals surface area contributed by atoms with Gasteiger partial charge in [-0.25, -0.2) is 4.79 Å². The van der Waals surface area contributed by atoms with Crippen molar-refractivity contribution in [2.75, 3.05) is 0 Å². The van der Waals surface area contributed by atoms with Gasteiger partial charge in [0.2, 0.25) is 0 Å². The number of pyridine rings is 1. The van der Waals surface area contributed by atoms with Crippen molar-refractivity contribution in [1.29, 1.82) is 0 Å². The highest BCUT2D eigenvalue weighted by molar-refractivity contribution is 5.44. The third-order valence-electron chi connectivity index (χ3n) is 4.12. The van der Waals surface area contributed by atoms with Gasteiger partial charge in [-0.3, -0.25) is 4.98 Å². The number of rotatable bonds is 8. The minimum Gasteiger partial charge on any atom is -0.261 e. The van der Waals surface area contributed by atoms with Crippen LogP contribution in [0.25, 0.3) is 0 Å². The topological polar surface area (TPSA) is 30.0 Å². The molecule has 0 radical (unpaired) electrons. The second kappa shape index (κ2) is 9.41. The molecule has 0 fully saturated rings. The third kappa shape index (κ3) is 5.25. The van der Waals surface area contributed by atoms with E-state index in [2.05, 4.69) is 35.2 Å². The van der Waals surface area contributed by atoms with Gasteiger partial charge >= 0.3 is 0 Å². The lowest BCUT2D eigenvalue weighted by atomic mass is 9.78. The van der Waals surface area contributed by atoms with Crippen LogP contribution in [0, 0.1) is 18.3 Å². The summed E-state index contributed by atoms with van der Waals surface area (Å²) in [5.74, 6) is 5.20. The molecule has 116 valence electrons. The maximum atomic E-state index is 10.7. The first-order valence-corrected chi connectivity index (χ1v) is 7.92. The van der Waals surface area contributed by atoms with E-state index in [1.807, 2.05) is 36.4 Å². The number of terminal acetylenes is 1. The van der Waals surface area contributed by atoms with E-state index in [0.29, 0.717) is 18.8 Å². The third-order valence-corrected chi connectivity index (χ3v) is 4.12. The van der Waals surface area contributed by atoms with E-state index >= 15 is 0 Å². The number of nitrogens with zero attached hydrogens (tertiary/aromatic N) is 1. The lowest BCUT2D eigenvalue weighted by molar-refractivity contribution is 0.398. The van der Waals surface area contributed by atoms with E-state index < -0.39 is 0 Å².